The van der Waals surface area contributed by atoms with Crippen LogP contribution in [0.3, 0.4) is 0 Å². The van der Waals surface area contributed by atoms with E-state index in [1.165, 1.54) is 0 Å². The van der Waals surface area contributed by atoms with Crippen LogP contribution in [-0.2, 0) is 20.7 Å². The summed E-state index contributed by atoms with van der Waals surface area (Å²) >= 11 is -1.26. The van der Waals surface area contributed by atoms with Crippen LogP contribution in [0.5, 0.6) is 5.75 Å². The molecule has 1 aliphatic heterocycles. The molecule has 3 aromatic rings. The number of hydrogen-bond donors (Lipinski definition) is 1. The van der Waals surface area contributed by atoms with Gasteiger partial charge in [0.2, 0.25) is 0 Å². The van der Waals surface area contributed by atoms with Crippen LogP contribution in [0.15, 0.2) is 94.1 Å². The molecule has 4 rings (SSSR count). The summed E-state index contributed by atoms with van der Waals surface area (Å²) in [5, 5.41) is 3.09. The van der Waals surface area contributed by atoms with Crippen molar-refractivity contribution >= 4 is 41.3 Å². The van der Waals surface area contributed by atoms with Gasteiger partial charge in [-0.25, -0.2) is 0 Å². The lowest BCUT2D eigenvalue weighted by molar-refractivity contribution is -0.112. The molecule has 1 N–H and O–H groups in total. The Balaban J connectivity index is 1.50. The zero-order chi connectivity index (χ0) is 36.6. The zero-order valence-corrected chi connectivity index (χ0v) is 32.0. The summed E-state index contributed by atoms with van der Waals surface area (Å²) in [6.07, 6.45) is 8.43. The van der Waals surface area contributed by atoms with Crippen LogP contribution in [0, 0.1) is 5.92 Å². The van der Waals surface area contributed by atoms with Gasteiger partial charge in [-0.2, -0.15) is 0 Å². The van der Waals surface area contributed by atoms with Crippen molar-refractivity contribution in [2.75, 3.05) is 62.5 Å². The number of hydrogen-bond acceptors (Lipinski definition) is 7. The van der Waals surface area contributed by atoms with Crippen LogP contribution in [0.1, 0.15) is 65.4 Å². The summed E-state index contributed by atoms with van der Waals surface area (Å²) < 4.78 is 24.7. The van der Waals surface area contributed by atoms with Crippen molar-refractivity contribution in [1.29, 1.82) is 0 Å². The number of nitrogens with one attached hydrogen (secondary N) is 1. The molecular weight excluding hydrogens is 657 g/mol. The highest BCUT2D eigenvalue weighted by atomic mass is 32.2. The minimum atomic E-state index is -1.26. The highest BCUT2D eigenvalue weighted by Crippen LogP contribution is 2.33. The van der Waals surface area contributed by atoms with E-state index in [1.54, 1.807) is 6.20 Å². The van der Waals surface area contributed by atoms with Gasteiger partial charge < -0.3 is 29.1 Å². The van der Waals surface area contributed by atoms with Crippen LogP contribution in [0.25, 0.3) is 17.2 Å². The maximum atomic E-state index is 13.7. The van der Waals surface area contributed by atoms with Crippen LogP contribution in [-0.4, -0.2) is 74.3 Å². The molecule has 3 aromatic carbocycles. The quantitative estimate of drug-likeness (QED) is 0.0759. The standard InChI is InChI=1S/C42H56N4O4S/c1-7-9-24-49-25-26-50-39-17-12-33(13-18-39)34-14-21-41-36(27-34)28-35(11-10-23-46(41)30-32(3)4)42(47)44-37-15-19-40(20-16-37)51(48)31-38(29-43-5)45(6)22-8-2/h12-21,27-29,32H,5,7-11,22-26,30-31H2,1-4,6H3,(H,44,47)/b35-28+,38-29-. The molecule has 0 saturated heterocycles. The molecule has 0 fully saturated rings. The molecule has 1 atom stereocenters. The average Bonchev–Trinajstić information content (AvgIpc) is 3.11. The Morgan fingerprint density at radius 2 is 1.78 bits per heavy atom. The molecule has 0 saturated carbocycles. The van der Waals surface area contributed by atoms with E-state index in [0.29, 0.717) is 41.9 Å². The molecule has 274 valence electrons. The number of unbranched alkanes of at least 4 members (excludes halogenated alkanes) is 1. The summed E-state index contributed by atoms with van der Waals surface area (Å²) in [6.45, 7) is 16.8. The highest BCUT2D eigenvalue weighted by Gasteiger charge is 2.21. The molecule has 0 aromatic heterocycles. The first-order valence-corrected chi connectivity index (χ1v) is 19.6. The number of rotatable bonds is 19. The van der Waals surface area contributed by atoms with Gasteiger partial charge in [0.15, 0.2) is 10.6 Å². The lowest BCUT2D eigenvalue weighted by Crippen LogP contribution is -2.30. The minimum Gasteiger partial charge on any atom is -0.611 e. The van der Waals surface area contributed by atoms with Gasteiger partial charge in [-0.3, -0.25) is 9.79 Å². The molecule has 51 heavy (non-hydrogen) atoms. The molecular formula is C42H56N4O4S. The number of carbonyl (C=O) groups is 1. The summed E-state index contributed by atoms with van der Waals surface area (Å²) in [5.74, 6) is 1.54. The van der Waals surface area contributed by atoms with E-state index < -0.39 is 11.2 Å². The normalized spacial score (nSPS) is 14.9. The Morgan fingerprint density at radius 3 is 2.47 bits per heavy atom. The van der Waals surface area contributed by atoms with Crippen LogP contribution in [0.4, 0.5) is 11.4 Å². The molecule has 1 amide bonds. The number of nitrogens with zero attached hydrogens (tertiary/aromatic N) is 3. The Morgan fingerprint density at radius 1 is 1.04 bits per heavy atom. The molecule has 1 aliphatic rings. The van der Waals surface area contributed by atoms with Crippen LogP contribution < -0.4 is 15.0 Å². The van der Waals surface area contributed by atoms with Crippen molar-refractivity contribution in [3.63, 3.8) is 0 Å². The molecule has 0 spiro atoms. The Hall–Kier alpha value is -4.05. The van der Waals surface area contributed by atoms with E-state index in [9.17, 15) is 9.35 Å². The number of ether oxygens (including phenoxy) is 2. The predicted octanol–water partition coefficient (Wildman–Crippen LogP) is 8.82. The second kappa shape index (κ2) is 20.7. The van der Waals surface area contributed by atoms with Crippen LogP contribution >= 0.6 is 0 Å². The first-order valence-electron chi connectivity index (χ1n) is 18.3. The second-order valence-electron chi connectivity index (χ2n) is 13.4. The van der Waals surface area contributed by atoms with Gasteiger partial charge in [-0.1, -0.05) is 52.3 Å². The maximum Gasteiger partial charge on any atom is 0.251 e. The third-order valence-corrected chi connectivity index (χ3v) is 10.1. The van der Waals surface area contributed by atoms with Crippen LogP contribution in [0.2, 0.25) is 0 Å². The topological polar surface area (TPSA) is 89.5 Å². The van der Waals surface area contributed by atoms with Gasteiger partial charge in [-0.05, 0) is 121 Å². The number of amides is 1. The lowest BCUT2D eigenvalue weighted by atomic mass is 9.96. The van der Waals surface area contributed by atoms with E-state index in [1.807, 2.05) is 43.4 Å². The van der Waals surface area contributed by atoms with Gasteiger partial charge in [0, 0.05) is 50.2 Å². The molecule has 9 heteroatoms. The SMILES string of the molecule is C=N/C=C(/C[S+]([O-])c1ccc(NC(=O)/C2=C/c3cc(-c4ccc(OCCOCCCC)cc4)ccc3N(CC(C)C)CCC2)cc1)N(C)CCC. The predicted molar refractivity (Wildman–Crippen MR) is 214 cm³/mol. The van der Waals surface area contributed by atoms with Crippen molar-refractivity contribution in [1.82, 2.24) is 4.90 Å². The fraction of sp³-hybridized carbons (Fsp3) is 0.429. The molecule has 1 unspecified atom stereocenters. The summed E-state index contributed by atoms with van der Waals surface area (Å²) in [7, 11) is 1.97. The van der Waals surface area contributed by atoms with Gasteiger partial charge in [0.25, 0.3) is 5.91 Å². The zero-order valence-electron chi connectivity index (χ0n) is 31.2. The van der Waals surface area contributed by atoms with E-state index >= 15 is 0 Å². The van der Waals surface area contributed by atoms with Gasteiger partial charge in [-0.15, -0.1) is 0 Å². The fourth-order valence-electron chi connectivity index (χ4n) is 6.05. The van der Waals surface area contributed by atoms with Crippen molar-refractivity contribution in [2.24, 2.45) is 10.9 Å². The number of carbonyl (C=O) groups excluding carboxylic acids is 1. The first kappa shape index (κ1) is 39.7. The maximum absolute atomic E-state index is 13.7. The molecule has 1 heterocycles. The van der Waals surface area contributed by atoms with Crippen molar-refractivity contribution in [3.8, 4) is 16.9 Å². The number of anilines is 2. The van der Waals surface area contributed by atoms with Crippen molar-refractivity contribution < 1.29 is 18.8 Å². The van der Waals surface area contributed by atoms with Crippen molar-refractivity contribution in [3.05, 3.63) is 89.8 Å². The number of benzene rings is 3. The van der Waals surface area contributed by atoms with Gasteiger partial charge >= 0.3 is 0 Å². The molecule has 8 nitrogen and oxygen atoms in total. The molecule has 0 aliphatic carbocycles. The molecule has 0 radical (unpaired) electrons. The Labute approximate surface area is 308 Å². The smallest absolute Gasteiger partial charge is 0.251 e. The molecule has 0 bridgehead atoms. The van der Waals surface area contributed by atoms with E-state index in [4.69, 9.17) is 9.47 Å². The second-order valence-corrected chi connectivity index (χ2v) is 14.9. The van der Waals surface area contributed by atoms with Crippen molar-refractivity contribution in [2.45, 2.75) is 64.7 Å². The Bertz CT molecular complexity index is 1600. The van der Waals surface area contributed by atoms with E-state index in [-0.39, 0.29) is 5.91 Å². The highest BCUT2D eigenvalue weighted by molar-refractivity contribution is 7.91. The summed E-state index contributed by atoms with van der Waals surface area (Å²) in [5.41, 5.74) is 6.60. The van der Waals surface area contributed by atoms with E-state index in [0.717, 1.165) is 91.3 Å². The Kier molecular flexibility index (Phi) is 16.1. The number of aliphatic imine (C=N–C) groups is 1. The van der Waals surface area contributed by atoms with E-state index in [2.05, 4.69) is 90.9 Å². The fourth-order valence-corrected chi connectivity index (χ4v) is 7.22. The minimum absolute atomic E-state index is 0.124. The largest absolute Gasteiger partial charge is 0.611 e. The van der Waals surface area contributed by atoms with Gasteiger partial charge in [0.05, 0.1) is 18.5 Å². The monoisotopic (exact) mass is 712 g/mol. The van der Waals surface area contributed by atoms with Gasteiger partial charge in [0.1, 0.15) is 12.4 Å². The summed E-state index contributed by atoms with van der Waals surface area (Å²) in [4.78, 5) is 22.8. The average molecular weight is 713 g/mol. The third-order valence-electron chi connectivity index (χ3n) is 8.72. The summed E-state index contributed by atoms with van der Waals surface area (Å²) in [6, 6.07) is 22.0. The third kappa shape index (κ3) is 12.3. The first-order chi connectivity index (χ1) is 24.7. The lowest BCUT2D eigenvalue weighted by Gasteiger charge is -2.30. The number of fused-ring (bicyclic) bond motifs is 1.